The predicted octanol–water partition coefficient (Wildman–Crippen LogP) is 3.53. The number of esters is 1. The van der Waals surface area contributed by atoms with E-state index in [-0.39, 0.29) is 18.8 Å². The minimum absolute atomic E-state index is 0.0638. The molecule has 2 aromatic rings. The van der Waals surface area contributed by atoms with Crippen LogP contribution in [0.25, 0.3) is 6.08 Å². The molecule has 0 amide bonds. The molecule has 25 heavy (non-hydrogen) atoms. The van der Waals surface area contributed by atoms with Gasteiger partial charge in [0.2, 0.25) is 0 Å². The molecule has 0 saturated carbocycles. The van der Waals surface area contributed by atoms with Gasteiger partial charge in [-0.05, 0) is 42.8 Å². The van der Waals surface area contributed by atoms with Crippen molar-refractivity contribution < 1.29 is 19.0 Å². The molecule has 0 unspecified atom stereocenters. The van der Waals surface area contributed by atoms with Crippen LogP contribution in [0.4, 0.5) is 0 Å². The average Bonchev–Trinajstić information content (AvgIpc) is 2.65. The molecule has 0 aliphatic rings. The molecule has 0 radical (unpaired) electrons. The number of nitrogens with zero attached hydrogens (tertiary/aromatic N) is 1. The Hall–Kier alpha value is -3.26. The van der Waals surface area contributed by atoms with E-state index >= 15 is 0 Å². The summed E-state index contributed by atoms with van der Waals surface area (Å²) >= 11 is 0. The van der Waals surface area contributed by atoms with Crippen molar-refractivity contribution in [3.05, 3.63) is 65.2 Å². The number of rotatable bonds is 7. The number of nitriles is 1. The molecule has 0 fully saturated rings. The topological polar surface area (TPSA) is 68.5 Å². The quantitative estimate of drug-likeness (QED) is 0.335. The lowest BCUT2D eigenvalue weighted by Gasteiger charge is -2.07. The first-order valence-electron chi connectivity index (χ1n) is 7.75. The molecule has 0 saturated heterocycles. The second-order valence-corrected chi connectivity index (χ2v) is 5.24. The van der Waals surface area contributed by atoms with E-state index in [1.807, 2.05) is 37.3 Å². The third-order valence-corrected chi connectivity index (χ3v) is 3.37. The van der Waals surface area contributed by atoms with Crippen LogP contribution < -0.4 is 9.47 Å². The van der Waals surface area contributed by atoms with E-state index in [0.29, 0.717) is 17.1 Å². The summed E-state index contributed by atoms with van der Waals surface area (Å²) in [6, 6.07) is 16.4. The van der Waals surface area contributed by atoms with Gasteiger partial charge in [0.05, 0.1) is 7.11 Å². The smallest absolute Gasteiger partial charge is 0.349 e. The summed E-state index contributed by atoms with van der Waals surface area (Å²) in [7, 11) is 1.57. The molecule has 0 aliphatic heterocycles. The molecule has 0 atom stereocenters. The van der Waals surface area contributed by atoms with Gasteiger partial charge >= 0.3 is 5.97 Å². The highest BCUT2D eigenvalue weighted by Crippen LogP contribution is 2.14. The molecule has 0 aromatic heterocycles. The fourth-order valence-corrected chi connectivity index (χ4v) is 2.01. The van der Waals surface area contributed by atoms with Crippen LogP contribution in [-0.2, 0) is 9.53 Å². The summed E-state index contributed by atoms with van der Waals surface area (Å²) in [5, 5.41) is 9.14. The van der Waals surface area contributed by atoms with Gasteiger partial charge in [0.1, 0.15) is 36.4 Å². The van der Waals surface area contributed by atoms with Gasteiger partial charge in [-0.3, -0.25) is 0 Å². The highest BCUT2D eigenvalue weighted by Gasteiger charge is 2.10. The van der Waals surface area contributed by atoms with Crippen LogP contribution in [0.1, 0.15) is 11.1 Å². The zero-order valence-corrected chi connectivity index (χ0v) is 14.2. The number of methoxy groups -OCH3 is 1. The molecule has 5 nitrogen and oxygen atoms in total. The summed E-state index contributed by atoms with van der Waals surface area (Å²) in [6.07, 6.45) is 1.47. The van der Waals surface area contributed by atoms with E-state index in [2.05, 4.69) is 0 Å². The van der Waals surface area contributed by atoms with Gasteiger partial charge in [-0.25, -0.2) is 4.79 Å². The van der Waals surface area contributed by atoms with E-state index in [0.717, 1.165) is 5.56 Å². The van der Waals surface area contributed by atoms with Crippen LogP contribution in [0.5, 0.6) is 11.5 Å². The van der Waals surface area contributed by atoms with E-state index in [9.17, 15) is 4.79 Å². The maximum atomic E-state index is 12.0. The van der Waals surface area contributed by atoms with E-state index < -0.39 is 5.97 Å². The minimum atomic E-state index is -0.675. The SMILES string of the molecule is COc1ccc(/C=C(\C#N)C(=O)OCCOc2ccc(C)cc2)cc1. The Morgan fingerprint density at radius 2 is 1.68 bits per heavy atom. The van der Waals surface area contributed by atoms with Gasteiger partial charge in [0, 0.05) is 0 Å². The first-order valence-corrected chi connectivity index (χ1v) is 7.75. The number of hydrogen-bond donors (Lipinski definition) is 0. The second-order valence-electron chi connectivity index (χ2n) is 5.24. The molecule has 2 aromatic carbocycles. The first kappa shape index (κ1) is 18.1. The summed E-state index contributed by atoms with van der Waals surface area (Å²) < 4.78 is 15.6. The fraction of sp³-hybridized carbons (Fsp3) is 0.200. The zero-order valence-electron chi connectivity index (χ0n) is 14.2. The van der Waals surface area contributed by atoms with Crippen LogP contribution >= 0.6 is 0 Å². The molecule has 128 valence electrons. The predicted molar refractivity (Wildman–Crippen MR) is 94.2 cm³/mol. The van der Waals surface area contributed by atoms with Crippen molar-refractivity contribution in [2.24, 2.45) is 0 Å². The van der Waals surface area contributed by atoms with Crippen molar-refractivity contribution in [2.75, 3.05) is 20.3 Å². The Kier molecular flexibility index (Phi) is 6.61. The van der Waals surface area contributed by atoms with Crippen molar-refractivity contribution in [2.45, 2.75) is 6.92 Å². The van der Waals surface area contributed by atoms with Gasteiger partial charge in [-0.2, -0.15) is 5.26 Å². The number of ether oxygens (including phenoxy) is 3. The lowest BCUT2D eigenvalue weighted by Crippen LogP contribution is -2.13. The third kappa shape index (κ3) is 5.70. The van der Waals surface area contributed by atoms with Crippen LogP contribution in [0.15, 0.2) is 54.1 Å². The Morgan fingerprint density at radius 3 is 2.28 bits per heavy atom. The van der Waals surface area contributed by atoms with Crippen molar-refractivity contribution in [1.29, 1.82) is 5.26 Å². The maximum absolute atomic E-state index is 12.0. The Bertz CT molecular complexity index is 771. The molecule has 0 N–H and O–H groups in total. The summed E-state index contributed by atoms with van der Waals surface area (Å²) in [4.78, 5) is 12.0. The highest BCUT2D eigenvalue weighted by molar-refractivity contribution is 5.97. The minimum Gasteiger partial charge on any atom is -0.497 e. The highest BCUT2D eigenvalue weighted by atomic mass is 16.6. The number of aryl methyl sites for hydroxylation is 1. The number of carbonyl (C=O) groups excluding carboxylic acids is 1. The van der Waals surface area contributed by atoms with Gasteiger partial charge < -0.3 is 14.2 Å². The largest absolute Gasteiger partial charge is 0.497 e. The van der Waals surface area contributed by atoms with Crippen LogP contribution in [0, 0.1) is 18.3 Å². The molecular formula is C20H19NO4. The number of hydrogen-bond acceptors (Lipinski definition) is 5. The average molecular weight is 337 g/mol. The van der Waals surface area contributed by atoms with E-state index in [4.69, 9.17) is 19.5 Å². The van der Waals surface area contributed by atoms with Crippen LogP contribution in [0.2, 0.25) is 0 Å². The lowest BCUT2D eigenvalue weighted by molar-refractivity contribution is -0.139. The van der Waals surface area contributed by atoms with Crippen molar-refractivity contribution in [3.8, 4) is 17.6 Å². The normalized spacial score (nSPS) is 10.7. The van der Waals surface area contributed by atoms with Gasteiger partial charge in [-0.15, -0.1) is 0 Å². The summed E-state index contributed by atoms with van der Waals surface area (Å²) in [5.41, 5.74) is 1.78. The summed E-state index contributed by atoms with van der Waals surface area (Å²) in [5.74, 6) is 0.730. The maximum Gasteiger partial charge on any atom is 0.349 e. The molecular weight excluding hydrogens is 318 g/mol. The van der Waals surface area contributed by atoms with Crippen molar-refractivity contribution in [3.63, 3.8) is 0 Å². The lowest BCUT2D eigenvalue weighted by atomic mass is 10.1. The monoisotopic (exact) mass is 337 g/mol. The summed E-state index contributed by atoms with van der Waals surface area (Å²) in [6.45, 7) is 2.27. The van der Waals surface area contributed by atoms with Crippen molar-refractivity contribution in [1.82, 2.24) is 0 Å². The molecule has 0 aliphatic carbocycles. The van der Waals surface area contributed by atoms with E-state index in [1.165, 1.54) is 6.08 Å². The van der Waals surface area contributed by atoms with Crippen LogP contribution in [-0.4, -0.2) is 26.3 Å². The zero-order chi connectivity index (χ0) is 18.1. The van der Waals surface area contributed by atoms with E-state index in [1.54, 1.807) is 31.4 Å². The Balaban J connectivity index is 1.85. The molecule has 0 bridgehead atoms. The van der Waals surface area contributed by atoms with Crippen LogP contribution in [0.3, 0.4) is 0 Å². The second kappa shape index (κ2) is 9.14. The fourth-order valence-electron chi connectivity index (χ4n) is 2.01. The Morgan fingerprint density at radius 1 is 1.04 bits per heavy atom. The number of carbonyl (C=O) groups is 1. The molecule has 0 heterocycles. The Labute approximate surface area is 147 Å². The van der Waals surface area contributed by atoms with Gasteiger partial charge in [0.25, 0.3) is 0 Å². The molecule has 5 heteroatoms. The number of benzene rings is 2. The van der Waals surface area contributed by atoms with Gasteiger partial charge in [-0.1, -0.05) is 29.8 Å². The standard InChI is InChI=1S/C20H19NO4/c1-15-3-7-19(8-4-15)24-11-12-25-20(22)17(14-21)13-16-5-9-18(23-2)10-6-16/h3-10,13H,11-12H2,1-2H3/b17-13+. The third-order valence-electron chi connectivity index (χ3n) is 3.37. The molecule has 0 spiro atoms. The molecule has 2 rings (SSSR count). The van der Waals surface area contributed by atoms with Crippen molar-refractivity contribution >= 4 is 12.0 Å². The first-order chi connectivity index (χ1) is 12.1. The van der Waals surface area contributed by atoms with Gasteiger partial charge in [0.15, 0.2) is 0 Å².